The number of ketones is 1. The molecule has 8 heteroatoms. The zero-order valence-corrected chi connectivity index (χ0v) is 18.0. The zero-order chi connectivity index (χ0) is 22.7. The highest BCUT2D eigenvalue weighted by Gasteiger charge is 2.28. The third-order valence-corrected chi connectivity index (χ3v) is 5.47. The lowest BCUT2D eigenvalue weighted by atomic mass is 9.82. The first-order valence-electron chi connectivity index (χ1n) is 10.1. The fraction of sp³-hybridized carbons (Fsp3) is 0.250. The van der Waals surface area contributed by atoms with Gasteiger partial charge in [-0.05, 0) is 42.2 Å². The van der Waals surface area contributed by atoms with Crippen molar-refractivity contribution in [1.82, 2.24) is 9.97 Å². The minimum atomic E-state index is -0.406. The first kappa shape index (κ1) is 21.3. The Balaban J connectivity index is 1.56. The Morgan fingerprint density at radius 3 is 2.22 bits per heavy atom. The van der Waals surface area contributed by atoms with Crippen LogP contribution >= 0.6 is 0 Å². The number of hydrogen-bond donors (Lipinski definition) is 1. The maximum Gasteiger partial charge on any atom is 0.258 e. The van der Waals surface area contributed by atoms with E-state index >= 15 is 0 Å². The van der Waals surface area contributed by atoms with Gasteiger partial charge in [-0.2, -0.15) is 0 Å². The predicted molar refractivity (Wildman–Crippen MR) is 118 cm³/mol. The highest BCUT2D eigenvalue weighted by atomic mass is 16.5. The molecule has 1 amide bonds. The average Bonchev–Trinajstić information content (AvgIpc) is 2.83. The van der Waals surface area contributed by atoms with Crippen molar-refractivity contribution in [3.8, 4) is 17.2 Å². The van der Waals surface area contributed by atoms with Gasteiger partial charge in [0.05, 0.1) is 32.6 Å². The van der Waals surface area contributed by atoms with Gasteiger partial charge in [-0.3, -0.25) is 14.9 Å². The SMILES string of the molecule is COc1ccc([C@H]2CC(=O)c3cnc(NC(=O)c4cc(OC)cc(OC)c4)nc3C2)cc1. The number of nitrogens with one attached hydrogen (secondary N) is 1. The van der Waals surface area contributed by atoms with Crippen molar-refractivity contribution < 1.29 is 23.8 Å². The van der Waals surface area contributed by atoms with Gasteiger partial charge >= 0.3 is 0 Å². The standard InChI is InChI=1S/C24H23N3O5/c1-30-17-6-4-14(5-7-17)15-10-21-20(22(28)11-15)13-25-24(26-21)27-23(29)16-8-18(31-2)12-19(9-16)32-3/h4-9,12-13,15H,10-11H2,1-3H3,(H,25,26,27,29)/t15-/m1/s1. The van der Waals surface area contributed by atoms with Gasteiger partial charge < -0.3 is 14.2 Å². The lowest BCUT2D eigenvalue weighted by molar-refractivity contribution is 0.0962. The van der Waals surface area contributed by atoms with Crippen LogP contribution in [0, 0.1) is 0 Å². The van der Waals surface area contributed by atoms with E-state index in [9.17, 15) is 9.59 Å². The lowest BCUT2D eigenvalue weighted by Gasteiger charge is -2.23. The van der Waals surface area contributed by atoms with Crippen LogP contribution < -0.4 is 19.5 Å². The van der Waals surface area contributed by atoms with Gasteiger partial charge in [0, 0.05) is 24.2 Å². The Morgan fingerprint density at radius 2 is 1.59 bits per heavy atom. The first-order valence-corrected chi connectivity index (χ1v) is 10.1. The third kappa shape index (κ3) is 4.39. The summed E-state index contributed by atoms with van der Waals surface area (Å²) in [4.78, 5) is 34.1. The summed E-state index contributed by atoms with van der Waals surface area (Å²) < 4.78 is 15.6. The largest absolute Gasteiger partial charge is 0.497 e. The molecule has 1 aliphatic carbocycles. The molecule has 8 nitrogen and oxygen atoms in total. The summed E-state index contributed by atoms with van der Waals surface area (Å²) in [5.41, 5.74) is 2.50. The first-order chi connectivity index (χ1) is 15.5. The zero-order valence-electron chi connectivity index (χ0n) is 18.0. The Bertz CT molecular complexity index is 1140. The molecule has 0 bridgehead atoms. The molecule has 164 valence electrons. The molecule has 0 radical (unpaired) electrons. The Morgan fingerprint density at radius 1 is 0.938 bits per heavy atom. The number of carbonyl (C=O) groups is 2. The number of rotatable bonds is 6. The van der Waals surface area contributed by atoms with Crippen molar-refractivity contribution in [1.29, 1.82) is 0 Å². The van der Waals surface area contributed by atoms with Crippen molar-refractivity contribution in [2.45, 2.75) is 18.8 Å². The molecule has 0 saturated carbocycles. The molecule has 3 aromatic rings. The second kappa shape index (κ2) is 9.05. The van der Waals surface area contributed by atoms with E-state index in [1.165, 1.54) is 20.4 Å². The monoisotopic (exact) mass is 433 g/mol. The van der Waals surface area contributed by atoms with E-state index in [1.807, 2.05) is 24.3 Å². The second-order valence-electron chi connectivity index (χ2n) is 7.41. The van der Waals surface area contributed by atoms with E-state index in [2.05, 4.69) is 15.3 Å². The summed E-state index contributed by atoms with van der Waals surface area (Å²) in [5, 5.41) is 2.70. The van der Waals surface area contributed by atoms with E-state index in [1.54, 1.807) is 25.3 Å². The number of hydrogen-bond acceptors (Lipinski definition) is 7. The van der Waals surface area contributed by atoms with Crippen LogP contribution in [0.3, 0.4) is 0 Å². The Kier molecular flexibility index (Phi) is 6.02. The number of benzene rings is 2. The molecule has 1 aliphatic rings. The van der Waals surface area contributed by atoms with Crippen LogP contribution in [0.2, 0.25) is 0 Å². The van der Waals surface area contributed by atoms with Gasteiger partial charge in [0.2, 0.25) is 5.95 Å². The van der Waals surface area contributed by atoms with Crippen LogP contribution in [0.25, 0.3) is 0 Å². The maximum absolute atomic E-state index is 12.7. The second-order valence-corrected chi connectivity index (χ2v) is 7.41. The molecule has 0 unspecified atom stereocenters. The molecule has 2 aromatic carbocycles. The van der Waals surface area contributed by atoms with Crippen LogP contribution in [-0.2, 0) is 6.42 Å². The number of ether oxygens (including phenoxy) is 3. The van der Waals surface area contributed by atoms with Gasteiger partial charge in [0.1, 0.15) is 17.2 Å². The van der Waals surface area contributed by atoms with Gasteiger partial charge in [-0.1, -0.05) is 12.1 Å². The fourth-order valence-corrected chi connectivity index (χ4v) is 3.73. The summed E-state index contributed by atoms with van der Waals surface area (Å²) in [6, 6.07) is 12.5. The van der Waals surface area contributed by atoms with Gasteiger partial charge in [0.15, 0.2) is 5.78 Å². The Labute approximate surface area is 185 Å². The quantitative estimate of drug-likeness (QED) is 0.633. The van der Waals surface area contributed by atoms with E-state index in [4.69, 9.17) is 14.2 Å². The summed E-state index contributed by atoms with van der Waals surface area (Å²) in [7, 11) is 4.64. The number of Topliss-reactive ketones (excluding diaryl/α,β-unsaturated/α-hetero) is 1. The predicted octanol–water partition coefficient (Wildman–Crippen LogP) is 3.67. The van der Waals surface area contributed by atoms with Crippen LogP contribution in [0.15, 0.2) is 48.7 Å². The molecular formula is C24H23N3O5. The minimum Gasteiger partial charge on any atom is -0.497 e. The topological polar surface area (TPSA) is 99.6 Å². The number of anilines is 1. The van der Waals surface area contributed by atoms with Crippen molar-refractivity contribution in [2.24, 2.45) is 0 Å². The normalized spacial score (nSPS) is 15.0. The number of fused-ring (bicyclic) bond motifs is 1. The smallest absolute Gasteiger partial charge is 0.258 e. The van der Waals surface area contributed by atoms with Crippen LogP contribution in [-0.4, -0.2) is 43.0 Å². The van der Waals surface area contributed by atoms with E-state index < -0.39 is 5.91 Å². The molecule has 0 aliphatic heterocycles. The van der Waals surface area contributed by atoms with Crippen molar-refractivity contribution in [2.75, 3.05) is 26.6 Å². The number of amides is 1. The minimum absolute atomic E-state index is 0.00185. The third-order valence-electron chi connectivity index (χ3n) is 5.47. The van der Waals surface area contributed by atoms with Gasteiger partial charge in [0.25, 0.3) is 5.91 Å². The van der Waals surface area contributed by atoms with Gasteiger partial charge in [-0.15, -0.1) is 0 Å². The van der Waals surface area contributed by atoms with E-state index in [0.29, 0.717) is 41.2 Å². The molecule has 32 heavy (non-hydrogen) atoms. The fourth-order valence-electron chi connectivity index (χ4n) is 3.73. The van der Waals surface area contributed by atoms with Crippen LogP contribution in [0.4, 0.5) is 5.95 Å². The van der Waals surface area contributed by atoms with E-state index in [0.717, 1.165) is 11.3 Å². The van der Waals surface area contributed by atoms with Crippen LogP contribution in [0.1, 0.15) is 44.3 Å². The van der Waals surface area contributed by atoms with E-state index in [-0.39, 0.29) is 17.6 Å². The maximum atomic E-state index is 12.7. The molecule has 0 saturated heterocycles. The molecule has 1 atom stereocenters. The molecule has 0 fully saturated rings. The molecule has 1 heterocycles. The number of aromatic nitrogens is 2. The number of carbonyl (C=O) groups excluding carboxylic acids is 2. The summed E-state index contributed by atoms with van der Waals surface area (Å²) in [5.74, 6) is 1.47. The lowest BCUT2D eigenvalue weighted by Crippen LogP contribution is -2.22. The van der Waals surface area contributed by atoms with Crippen molar-refractivity contribution in [3.63, 3.8) is 0 Å². The highest BCUT2D eigenvalue weighted by Crippen LogP contribution is 2.33. The van der Waals surface area contributed by atoms with Crippen molar-refractivity contribution >= 4 is 17.6 Å². The van der Waals surface area contributed by atoms with Gasteiger partial charge in [-0.25, -0.2) is 9.97 Å². The Hall–Kier alpha value is -3.94. The van der Waals surface area contributed by atoms with Crippen LogP contribution in [0.5, 0.6) is 17.2 Å². The summed E-state index contributed by atoms with van der Waals surface area (Å²) in [6.45, 7) is 0. The molecule has 1 aromatic heterocycles. The highest BCUT2D eigenvalue weighted by molar-refractivity contribution is 6.04. The summed E-state index contributed by atoms with van der Waals surface area (Å²) in [6.07, 6.45) is 2.44. The molecule has 1 N–H and O–H groups in total. The van der Waals surface area contributed by atoms with Crippen molar-refractivity contribution in [3.05, 3.63) is 71.0 Å². The molecule has 0 spiro atoms. The summed E-state index contributed by atoms with van der Waals surface area (Å²) >= 11 is 0. The number of nitrogens with zero attached hydrogens (tertiary/aromatic N) is 2. The molecular weight excluding hydrogens is 410 g/mol. The molecule has 4 rings (SSSR count). The average molecular weight is 433 g/mol. The number of methoxy groups -OCH3 is 3.